The van der Waals surface area contributed by atoms with E-state index in [1.165, 1.54) is 15.9 Å². The Morgan fingerprint density at radius 3 is 2.95 bits per heavy atom. The van der Waals surface area contributed by atoms with Crippen molar-refractivity contribution in [3.05, 3.63) is 62.0 Å². The molecule has 0 saturated carbocycles. The number of thiophene rings is 1. The molecule has 0 aliphatic carbocycles. The van der Waals surface area contributed by atoms with Crippen LogP contribution in [0.5, 0.6) is 0 Å². The molecule has 0 bridgehead atoms. The monoisotopic (exact) mass is 315 g/mol. The van der Waals surface area contributed by atoms with E-state index in [0.29, 0.717) is 15.8 Å². The highest BCUT2D eigenvalue weighted by Gasteiger charge is 2.14. The molecule has 3 rings (SSSR count). The van der Waals surface area contributed by atoms with E-state index in [9.17, 15) is 4.79 Å². The minimum atomic E-state index is -0.171. The summed E-state index contributed by atoms with van der Waals surface area (Å²) in [7, 11) is 0. The molecule has 0 aliphatic heterocycles. The van der Waals surface area contributed by atoms with E-state index in [0.717, 1.165) is 11.1 Å². The fraction of sp³-hybridized carbons (Fsp3) is 0.133. The number of aromatic nitrogens is 2. The standard InChI is InChI=1S/C15H10ClN3OS/c1-9-8-21-13-12(9)18-15(16)19(14(13)20)7-11-5-3-2-4-10(11)6-17/h2-5,8H,7H2,1H3. The fourth-order valence-corrected chi connectivity index (χ4v) is 3.32. The molecule has 3 aromatic rings. The fourth-order valence-electron chi connectivity index (χ4n) is 2.16. The largest absolute Gasteiger partial charge is 0.278 e. The van der Waals surface area contributed by atoms with Gasteiger partial charge in [0, 0.05) is 0 Å². The van der Waals surface area contributed by atoms with Crippen molar-refractivity contribution in [1.82, 2.24) is 9.55 Å². The normalized spacial score (nSPS) is 10.7. The van der Waals surface area contributed by atoms with E-state index in [4.69, 9.17) is 16.9 Å². The summed E-state index contributed by atoms with van der Waals surface area (Å²) in [5, 5.41) is 11.2. The minimum absolute atomic E-state index is 0.141. The Morgan fingerprint density at radius 2 is 2.19 bits per heavy atom. The number of aryl methyl sites for hydroxylation is 1. The van der Waals surface area contributed by atoms with Crippen molar-refractivity contribution in [1.29, 1.82) is 5.26 Å². The summed E-state index contributed by atoms with van der Waals surface area (Å²) in [6, 6.07) is 9.27. The number of nitriles is 1. The molecule has 0 saturated heterocycles. The molecule has 6 heteroatoms. The van der Waals surface area contributed by atoms with Gasteiger partial charge in [0.1, 0.15) is 4.70 Å². The Bertz CT molecular complexity index is 936. The lowest BCUT2D eigenvalue weighted by Crippen LogP contribution is -2.22. The zero-order valence-corrected chi connectivity index (χ0v) is 12.7. The third kappa shape index (κ3) is 2.33. The number of hydrogen-bond donors (Lipinski definition) is 0. The molecule has 2 heterocycles. The minimum Gasteiger partial charge on any atom is -0.278 e. The summed E-state index contributed by atoms with van der Waals surface area (Å²) >= 11 is 7.52. The third-order valence-electron chi connectivity index (χ3n) is 3.27. The number of hydrogen-bond acceptors (Lipinski definition) is 4. The van der Waals surface area contributed by atoms with E-state index in [1.54, 1.807) is 12.1 Å². The lowest BCUT2D eigenvalue weighted by molar-refractivity contribution is 0.749. The molecule has 0 N–H and O–H groups in total. The molecular weight excluding hydrogens is 306 g/mol. The topological polar surface area (TPSA) is 58.7 Å². The van der Waals surface area contributed by atoms with Gasteiger partial charge in [-0.1, -0.05) is 18.2 Å². The van der Waals surface area contributed by atoms with Crippen molar-refractivity contribution in [2.75, 3.05) is 0 Å². The number of nitrogens with zero attached hydrogens (tertiary/aromatic N) is 3. The Hall–Kier alpha value is -2.16. The van der Waals surface area contributed by atoms with Gasteiger partial charge in [0.15, 0.2) is 0 Å². The lowest BCUT2D eigenvalue weighted by atomic mass is 10.1. The van der Waals surface area contributed by atoms with Crippen LogP contribution in [0.2, 0.25) is 5.28 Å². The van der Waals surface area contributed by atoms with Crippen molar-refractivity contribution in [2.45, 2.75) is 13.5 Å². The quantitative estimate of drug-likeness (QED) is 0.681. The van der Waals surface area contributed by atoms with Crippen molar-refractivity contribution in [3.63, 3.8) is 0 Å². The maximum atomic E-state index is 12.5. The zero-order valence-electron chi connectivity index (χ0n) is 11.1. The SMILES string of the molecule is Cc1csc2c(=O)n(Cc3ccccc3C#N)c(Cl)nc12. The summed E-state index contributed by atoms with van der Waals surface area (Å²) in [5.41, 5.74) is 2.70. The first kappa shape index (κ1) is 13.8. The van der Waals surface area contributed by atoms with Crippen molar-refractivity contribution >= 4 is 33.2 Å². The molecule has 1 aromatic carbocycles. The molecule has 4 nitrogen and oxygen atoms in total. The second kappa shape index (κ2) is 5.32. The summed E-state index contributed by atoms with van der Waals surface area (Å²) in [4.78, 5) is 16.8. The summed E-state index contributed by atoms with van der Waals surface area (Å²) in [5.74, 6) is 0. The van der Waals surface area contributed by atoms with Gasteiger partial charge in [0.25, 0.3) is 5.56 Å². The number of fused-ring (bicyclic) bond motifs is 1. The van der Waals surface area contributed by atoms with Gasteiger partial charge >= 0.3 is 0 Å². The predicted octanol–water partition coefficient (Wildman–Crippen LogP) is 3.34. The van der Waals surface area contributed by atoms with Gasteiger partial charge in [-0.05, 0) is 41.1 Å². The van der Waals surface area contributed by atoms with Gasteiger partial charge in [0.05, 0.1) is 23.7 Å². The first-order valence-electron chi connectivity index (χ1n) is 6.24. The van der Waals surface area contributed by atoms with Crippen LogP contribution >= 0.6 is 22.9 Å². The van der Waals surface area contributed by atoms with Gasteiger partial charge < -0.3 is 0 Å². The first-order valence-corrected chi connectivity index (χ1v) is 7.49. The molecule has 0 unspecified atom stereocenters. The van der Waals surface area contributed by atoms with E-state index >= 15 is 0 Å². The zero-order chi connectivity index (χ0) is 15.0. The summed E-state index contributed by atoms with van der Waals surface area (Å²) in [6.07, 6.45) is 0. The Morgan fingerprint density at radius 1 is 1.43 bits per heavy atom. The highest BCUT2D eigenvalue weighted by atomic mass is 35.5. The predicted molar refractivity (Wildman–Crippen MR) is 83.9 cm³/mol. The molecule has 0 fully saturated rings. The Labute approximate surface area is 129 Å². The average Bonchev–Trinajstić information content (AvgIpc) is 2.85. The van der Waals surface area contributed by atoms with Crippen LogP contribution in [-0.2, 0) is 6.54 Å². The van der Waals surface area contributed by atoms with Gasteiger partial charge in [-0.15, -0.1) is 11.3 Å². The van der Waals surface area contributed by atoms with E-state index in [2.05, 4.69) is 11.1 Å². The average molecular weight is 316 g/mol. The maximum Gasteiger partial charge on any atom is 0.272 e. The van der Waals surface area contributed by atoms with E-state index in [-0.39, 0.29) is 17.4 Å². The summed E-state index contributed by atoms with van der Waals surface area (Å²) < 4.78 is 1.99. The molecule has 0 radical (unpaired) electrons. The molecule has 0 aliphatic rings. The van der Waals surface area contributed by atoms with E-state index in [1.807, 2.05) is 24.4 Å². The number of benzene rings is 1. The van der Waals surface area contributed by atoms with Crippen LogP contribution in [0.1, 0.15) is 16.7 Å². The van der Waals surface area contributed by atoms with Crippen LogP contribution in [0.15, 0.2) is 34.4 Å². The molecule has 0 amide bonds. The molecule has 2 aromatic heterocycles. The van der Waals surface area contributed by atoms with Crippen LogP contribution in [-0.4, -0.2) is 9.55 Å². The number of rotatable bonds is 2. The Kier molecular flexibility index (Phi) is 3.50. The van der Waals surface area contributed by atoms with Crippen molar-refractivity contribution in [3.8, 4) is 6.07 Å². The van der Waals surface area contributed by atoms with Crippen LogP contribution in [0.4, 0.5) is 0 Å². The lowest BCUT2D eigenvalue weighted by Gasteiger charge is -2.09. The molecular formula is C15H10ClN3OS. The maximum absolute atomic E-state index is 12.5. The van der Waals surface area contributed by atoms with Crippen molar-refractivity contribution in [2.24, 2.45) is 0 Å². The summed E-state index contributed by atoms with van der Waals surface area (Å²) in [6.45, 7) is 2.14. The smallest absolute Gasteiger partial charge is 0.272 e. The van der Waals surface area contributed by atoms with Crippen LogP contribution in [0.25, 0.3) is 10.2 Å². The second-order valence-electron chi connectivity index (χ2n) is 4.64. The van der Waals surface area contributed by atoms with Crippen molar-refractivity contribution < 1.29 is 0 Å². The van der Waals surface area contributed by atoms with Gasteiger partial charge in [0.2, 0.25) is 5.28 Å². The van der Waals surface area contributed by atoms with E-state index < -0.39 is 0 Å². The highest BCUT2D eigenvalue weighted by molar-refractivity contribution is 7.17. The highest BCUT2D eigenvalue weighted by Crippen LogP contribution is 2.22. The van der Waals surface area contributed by atoms with Gasteiger partial charge in [-0.3, -0.25) is 9.36 Å². The number of halogens is 1. The molecule has 0 atom stereocenters. The second-order valence-corrected chi connectivity index (χ2v) is 5.86. The van der Waals surface area contributed by atoms with Gasteiger partial charge in [-0.25, -0.2) is 4.98 Å². The third-order valence-corrected chi connectivity index (χ3v) is 4.64. The first-order chi connectivity index (χ1) is 10.1. The molecule has 0 spiro atoms. The molecule has 104 valence electrons. The Balaban J connectivity index is 2.18. The van der Waals surface area contributed by atoms with Gasteiger partial charge in [-0.2, -0.15) is 5.26 Å². The van der Waals surface area contributed by atoms with Crippen LogP contribution in [0.3, 0.4) is 0 Å². The van der Waals surface area contributed by atoms with Crippen LogP contribution < -0.4 is 5.56 Å². The molecule has 21 heavy (non-hydrogen) atoms. The van der Waals surface area contributed by atoms with Crippen LogP contribution in [0, 0.1) is 18.3 Å².